The zero-order chi connectivity index (χ0) is 15.3. The van der Waals surface area contributed by atoms with Crippen molar-refractivity contribution in [3.63, 3.8) is 0 Å². The van der Waals surface area contributed by atoms with Crippen LogP contribution in [-0.2, 0) is 19.9 Å². The number of amides is 1. The van der Waals surface area contributed by atoms with Crippen LogP contribution in [0.25, 0.3) is 0 Å². The summed E-state index contributed by atoms with van der Waals surface area (Å²) < 4.78 is 1.54. The van der Waals surface area contributed by atoms with Gasteiger partial charge in [-0.25, -0.2) is 0 Å². The van der Waals surface area contributed by atoms with Gasteiger partial charge >= 0.3 is 0 Å². The molecule has 2 heterocycles. The molecule has 5 nitrogen and oxygen atoms in total. The van der Waals surface area contributed by atoms with Crippen LogP contribution in [0.15, 0.2) is 12.3 Å². The van der Waals surface area contributed by atoms with E-state index in [-0.39, 0.29) is 17.6 Å². The summed E-state index contributed by atoms with van der Waals surface area (Å²) in [5, 5.41) is 7.69. The van der Waals surface area contributed by atoms with Crippen LogP contribution in [0.5, 0.6) is 0 Å². The van der Waals surface area contributed by atoms with Crippen LogP contribution in [0.2, 0.25) is 0 Å². The number of aryl methyl sites for hydroxylation is 2. The van der Waals surface area contributed by atoms with Gasteiger partial charge in [0.15, 0.2) is 5.78 Å². The Morgan fingerprint density at radius 1 is 1.36 bits per heavy atom. The van der Waals surface area contributed by atoms with Gasteiger partial charge in [0.1, 0.15) is 10.7 Å². The number of fused-ring (bicyclic) bond motifs is 1. The molecule has 114 valence electrons. The summed E-state index contributed by atoms with van der Waals surface area (Å²) in [5.74, 6) is 0.191. The van der Waals surface area contributed by atoms with Gasteiger partial charge in [0, 0.05) is 24.0 Å². The van der Waals surface area contributed by atoms with E-state index < -0.39 is 0 Å². The first kappa shape index (κ1) is 13.7. The summed E-state index contributed by atoms with van der Waals surface area (Å²) in [7, 11) is 1.74. The number of ketones is 1. The Morgan fingerprint density at radius 2 is 2.18 bits per heavy atom. The predicted octanol–water partition coefficient (Wildman–Crippen LogP) is 2.82. The number of thiophene rings is 1. The highest BCUT2D eigenvalue weighted by molar-refractivity contribution is 7.17. The number of carbonyl (C=O) groups excluding carboxylic acids is 2. The van der Waals surface area contributed by atoms with E-state index in [0.29, 0.717) is 5.69 Å². The number of rotatable bonds is 4. The van der Waals surface area contributed by atoms with Crippen LogP contribution < -0.4 is 5.32 Å². The Hall–Kier alpha value is -1.95. The first-order valence-electron chi connectivity index (χ1n) is 7.63. The Labute approximate surface area is 132 Å². The molecule has 6 heteroatoms. The molecule has 0 aliphatic heterocycles. The van der Waals surface area contributed by atoms with E-state index in [0.717, 1.165) is 42.7 Å². The van der Waals surface area contributed by atoms with Crippen LogP contribution in [0.3, 0.4) is 0 Å². The molecule has 1 amide bonds. The molecule has 0 unspecified atom stereocenters. The summed E-state index contributed by atoms with van der Waals surface area (Å²) in [6.45, 7) is 0. The topological polar surface area (TPSA) is 64.0 Å². The number of hydrogen-bond acceptors (Lipinski definition) is 4. The first-order chi connectivity index (χ1) is 10.6. The van der Waals surface area contributed by atoms with Gasteiger partial charge in [0.05, 0.1) is 5.56 Å². The highest BCUT2D eigenvalue weighted by atomic mass is 32.1. The fraction of sp³-hybridized carbons (Fsp3) is 0.438. The van der Waals surface area contributed by atoms with Crippen molar-refractivity contribution in [2.24, 2.45) is 13.0 Å². The van der Waals surface area contributed by atoms with Gasteiger partial charge in [-0.15, -0.1) is 11.3 Å². The lowest BCUT2D eigenvalue weighted by molar-refractivity contribution is 0.0968. The van der Waals surface area contributed by atoms with Gasteiger partial charge in [-0.2, -0.15) is 5.10 Å². The Morgan fingerprint density at radius 3 is 2.86 bits per heavy atom. The largest absolute Gasteiger partial charge is 0.312 e. The molecule has 2 aromatic rings. The second-order valence-electron chi connectivity index (χ2n) is 5.99. The molecular weight excluding hydrogens is 298 g/mol. The molecule has 4 rings (SSSR count). The lowest BCUT2D eigenvalue weighted by Gasteiger charge is -2.07. The van der Waals surface area contributed by atoms with Crippen molar-refractivity contribution >= 4 is 28.0 Å². The Bertz CT molecular complexity index is 770. The van der Waals surface area contributed by atoms with Gasteiger partial charge in [-0.05, 0) is 43.7 Å². The third kappa shape index (κ3) is 2.18. The molecule has 2 aliphatic carbocycles. The minimum atomic E-state index is -0.204. The fourth-order valence-electron chi connectivity index (χ4n) is 3.07. The second kappa shape index (κ2) is 5.05. The molecule has 2 aromatic heterocycles. The van der Waals surface area contributed by atoms with Crippen molar-refractivity contribution in [3.05, 3.63) is 34.0 Å². The van der Waals surface area contributed by atoms with E-state index in [1.165, 1.54) is 10.4 Å². The SMILES string of the molecule is Cn1nccc1C(=O)Nc1sc2c(c1C(=O)C1CC1)CCC2. The number of aromatic nitrogens is 2. The minimum absolute atomic E-state index is 0.173. The Balaban J connectivity index is 1.68. The van der Waals surface area contributed by atoms with Crippen LogP contribution in [0.4, 0.5) is 5.00 Å². The van der Waals surface area contributed by atoms with Crippen molar-refractivity contribution in [3.8, 4) is 0 Å². The van der Waals surface area contributed by atoms with Crippen molar-refractivity contribution in [1.29, 1.82) is 0 Å². The average molecular weight is 315 g/mol. The molecule has 0 atom stereocenters. The first-order valence-corrected chi connectivity index (χ1v) is 8.45. The number of nitrogens with one attached hydrogen (secondary N) is 1. The van der Waals surface area contributed by atoms with Crippen molar-refractivity contribution in [2.45, 2.75) is 32.1 Å². The molecule has 22 heavy (non-hydrogen) atoms. The summed E-state index contributed by atoms with van der Waals surface area (Å²) in [4.78, 5) is 26.3. The maximum absolute atomic E-state index is 12.6. The third-order valence-corrected chi connectivity index (χ3v) is 5.60. The highest BCUT2D eigenvalue weighted by Gasteiger charge is 2.36. The molecule has 0 saturated heterocycles. The summed E-state index contributed by atoms with van der Waals surface area (Å²) in [6, 6.07) is 1.68. The second-order valence-corrected chi connectivity index (χ2v) is 7.10. The molecule has 0 bridgehead atoms. The van der Waals surface area contributed by atoms with Crippen LogP contribution in [-0.4, -0.2) is 21.5 Å². The van der Waals surface area contributed by atoms with E-state index >= 15 is 0 Å². The maximum atomic E-state index is 12.6. The Kier molecular flexibility index (Phi) is 3.14. The number of anilines is 1. The number of carbonyl (C=O) groups is 2. The zero-order valence-corrected chi connectivity index (χ0v) is 13.2. The van der Waals surface area contributed by atoms with E-state index in [2.05, 4.69) is 10.4 Å². The van der Waals surface area contributed by atoms with E-state index in [9.17, 15) is 9.59 Å². The standard InChI is InChI=1S/C16H17N3O2S/c1-19-11(7-8-17-19)15(21)18-16-13(14(20)9-5-6-9)10-3-2-4-12(10)22-16/h7-9H,2-6H2,1H3,(H,18,21). The van der Waals surface area contributed by atoms with E-state index in [4.69, 9.17) is 0 Å². The monoisotopic (exact) mass is 315 g/mol. The van der Waals surface area contributed by atoms with Gasteiger partial charge in [-0.1, -0.05) is 0 Å². The van der Waals surface area contributed by atoms with E-state index in [1.807, 2.05) is 0 Å². The maximum Gasteiger partial charge on any atom is 0.274 e. The van der Waals surface area contributed by atoms with Crippen molar-refractivity contribution in [2.75, 3.05) is 5.32 Å². The molecule has 0 aromatic carbocycles. The molecule has 1 N–H and O–H groups in total. The number of hydrogen-bond donors (Lipinski definition) is 1. The van der Waals surface area contributed by atoms with Crippen LogP contribution in [0, 0.1) is 5.92 Å². The molecular formula is C16H17N3O2S. The predicted molar refractivity (Wildman–Crippen MR) is 84.6 cm³/mol. The third-order valence-electron chi connectivity index (χ3n) is 4.40. The minimum Gasteiger partial charge on any atom is -0.312 e. The van der Waals surface area contributed by atoms with E-state index in [1.54, 1.807) is 35.3 Å². The lowest BCUT2D eigenvalue weighted by Crippen LogP contribution is -2.17. The normalized spacial score (nSPS) is 16.6. The zero-order valence-electron chi connectivity index (χ0n) is 12.4. The van der Waals surface area contributed by atoms with Crippen molar-refractivity contribution in [1.82, 2.24) is 9.78 Å². The van der Waals surface area contributed by atoms with Crippen molar-refractivity contribution < 1.29 is 9.59 Å². The number of nitrogens with zero attached hydrogens (tertiary/aromatic N) is 2. The molecule has 0 spiro atoms. The highest BCUT2D eigenvalue weighted by Crippen LogP contribution is 2.43. The van der Waals surface area contributed by atoms with Crippen LogP contribution in [0.1, 0.15) is 50.5 Å². The molecule has 0 radical (unpaired) electrons. The van der Waals surface area contributed by atoms with Gasteiger partial charge in [0.25, 0.3) is 5.91 Å². The van der Waals surface area contributed by atoms with Gasteiger partial charge in [0.2, 0.25) is 0 Å². The fourth-order valence-corrected chi connectivity index (χ4v) is 4.36. The number of Topliss-reactive ketones (excluding diaryl/α,β-unsaturated/α-hetero) is 1. The molecule has 1 saturated carbocycles. The van der Waals surface area contributed by atoms with Crippen LogP contribution >= 0.6 is 11.3 Å². The lowest BCUT2D eigenvalue weighted by atomic mass is 10.0. The quantitative estimate of drug-likeness (QED) is 0.882. The summed E-state index contributed by atoms with van der Waals surface area (Å²) >= 11 is 1.57. The molecule has 1 fully saturated rings. The summed E-state index contributed by atoms with van der Waals surface area (Å²) in [6.07, 6.45) is 6.66. The van der Waals surface area contributed by atoms with Gasteiger partial charge < -0.3 is 5.32 Å². The average Bonchev–Trinajstić information content (AvgIpc) is 2.95. The smallest absolute Gasteiger partial charge is 0.274 e. The van der Waals surface area contributed by atoms with Gasteiger partial charge in [-0.3, -0.25) is 14.3 Å². The summed E-state index contributed by atoms with van der Waals surface area (Å²) in [5.41, 5.74) is 2.47. The molecule has 2 aliphatic rings.